The normalized spacial score (nSPS) is 12.2. The lowest BCUT2D eigenvalue weighted by atomic mass is 10.0. The van der Waals surface area contributed by atoms with Gasteiger partial charge in [-0.05, 0) is 55.2 Å². The number of ether oxygens (including phenoxy) is 1. The van der Waals surface area contributed by atoms with Gasteiger partial charge in [0.05, 0.1) is 6.61 Å². The molecule has 0 saturated carbocycles. The maximum atomic E-state index is 12.8. The molecule has 0 radical (unpaired) electrons. The van der Waals surface area contributed by atoms with Gasteiger partial charge < -0.3 is 10.5 Å². The standard InChI is InChI=1S/C17H20FNO/c1-13-3-2-4-17(11-13)20-10-9-16(19)12-14-5-7-15(18)8-6-14/h2-8,11,16H,9-10,12,19H2,1H3. The Balaban J connectivity index is 1.75. The van der Waals surface area contributed by atoms with Crippen LogP contribution in [0.1, 0.15) is 17.5 Å². The third kappa shape index (κ3) is 4.67. The Labute approximate surface area is 119 Å². The van der Waals surface area contributed by atoms with Crippen molar-refractivity contribution < 1.29 is 9.13 Å². The van der Waals surface area contributed by atoms with Crippen molar-refractivity contribution in [2.24, 2.45) is 5.73 Å². The quantitative estimate of drug-likeness (QED) is 0.874. The van der Waals surface area contributed by atoms with Gasteiger partial charge in [0, 0.05) is 6.04 Å². The van der Waals surface area contributed by atoms with Crippen LogP contribution in [0.15, 0.2) is 48.5 Å². The molecule has 0 fully saturated rings. The van der Waals surface area contributed by atoms with Crippen molar-refractivity contribution in [1.82, 2.24) is 0 Å². The zero-order valence-corrected chi connectivity index (χ0v) is 11.7. The fourth-order valence-corrected chi connectivity index (χ4v) is 2.06. The number of hydrogen-bond acceptors (Lipinski definition) is 2. The Morgan fingerprint density at radius 3 is 2.60 bits per heavy atom. The van der Waals surface area contributed by atoms with E-state index in [0.717, 1.165) is 24.2 Å². The summed E-state index contributed by atoms with van der Waals surface area (Å²) in [5.41, 5.74) is 8.29. The average molecular weight is 273 g/mol. The molecule has 2 rings (SSSR count). The Morgan fingerprint density at radius 2 is 1.90 bits per heavy atom. The van der Waals surface area contributed by atoms with Crippen LogP contribution in [0.5, 0.6) is 5.75 Å². The van der Waals surface area contributed by atoms with Crippen molar-refractivity contribution in [2.45, 2.75) is 25.8 Å². The first-order valence-electron chi connectivity index (χ1n) is 6.83. The fourth-order valence-electron chi connectivity index (χ4n) is 2.06. The lowest BCUT2D eigenvalue weighted by Gasteiger charge is -2.13. The van der Waals surface area contributed by atoms with Crippen molar-refractivity contribution in [3.8, 4) is 5.75 Å². The molecule has 106 valence electrons. The van der Waals surface area contributed by atoms with Crippen molar-refractivity contribution in [2.75, 3.05) is 6.61 Å². The van der Waals surface area contributed by atoms with Gasteiger partial charge in [-0.3, -0.25) is 0 Å². The van der Waals surface area contributed by atoms with Crippen LogP contribution in [0.3, 0.4) is 0 Å². The molecular formula is C17H20FNO. The molecular weight excluding hydrogens is 253 g/mol. The van der Waals surface area contributed by atoms with E-state index in [9.17, 15) is 4.39 Å². The average Bonchev–Trinajstić information content (AvgIpc) is 2.41. The van der Waals surface area contributed by atoms with Crippen molar-refractivity contribution in [1.29, 1.82) is 0 Å². The van der Waals surface area contributed by atoms with Gasteiger partial charge >= 0.3 is 0 Å². The first-order valence-corrected chi connectivity index (χ1v) is 6.83. The SMILES string of the molecule is Cc1cccc(OCCC(N)Cc2ccc(F)cc2)c1. The topological polar surface area (TPSA) is 35.2 Å². The van der Waals surface area contributed by atoms with E-state index in [1.807, 2.05) is 31.2 Å². The van der Waals surface area contributed by atoms with Gasteiger partial charge in [0.2, 0.25) is 0 Å². The van der Waals surface area contributed by atoms with Crippen LogP contribution in [0.2, 0.25) is 0 Å². The Morgan fingerprint density at radius 1 is 1.15 bits per heavy atom. The van der Waals surface area contributed by atoms with E-state index in [-0.39, 0.29) is 11.9 Å². The Hall–Kier alpha value is -1.87. The second kappa shape index (κ2) is 7.06. The summed E-state index contributed by atoms with van der Waals surface area (Å²) in [6, 6.07) is 14.5. The van der Waals surface area contributed by atoms with Crippen LogP contribution in [0.4, 0.5) is 4.39 Å². The molecule has 1 atom stereocenters. The van der Waals surface area contributed by atoms with Gasteiger partial charge in [-0.2, -0.15) is 0 Å². The highest BCUT2D eigenvalue weighted by Crippen LogP contribution is 2.13. The Bertz CT molecular complexity index is 539. The van der Waals surface area contributed by atoms with E-state index in [0.29, 0.717) is 6.61 Å². The second-order valence-corrected chi connectivity index (χ2v) is 5.04. The van der Waals surface area contributed by atoms with Crippen LogP contribution in [-0.2, 0) is 6.42 Å². The lowest BCUT2D eigenvalue weighted by Crippen LogP contribution is -2.25. The number of nitrogens with two attached hydrogens (primary N) is 1. The third-order valence-corrected chi connectivity index (χ3v) is 3.16. The van der Waals surface area contributed by atoms with E-state index in [1.54, 1.807) is 12.1 Å². The maximum Gasteiger partial charge on any atom is 0.123 e. The minimum Gasteiger partial charge on any atom is -0.494 e. The molecule has 0 saturated heterocycles. The zero-order valence-electron chi connectivity index (χ0n) is 11.7. The summed E-state index contributed by atoms with van der Waals surface area (Å²) in [6.45, 7) is 2.62. The molecule has 0 aliphatic rings. The number of benzene rings is 2. The molecule has 2 nitrogen and oxygen atoms in total. The molecule has 0 aliphatic heterocycles. The largest absolute Gasteiger partial charge is 0.494 e. The first kappa shape index (κ1) is 14.5. The molecule has 2 aromatic rings. The summed E-state index contributed by atoms with van der Waals surface area (Å²) in [6.07, 6.45) is 1.50. The highest BCUT2D eigenvalue weighted by molar-refractivity contribution is 5.27. The van der Waals surface area contributed by atoms with E-state index >= 15 is 0 Å². The van der Waals surface area contributed by atoms with Crippen molar-refractivity contribution in [3.05, 3.63) is 65.5 Å². The number of aryl methyl sites for hydroxylation is 1. The van der Waals surface area contributed by atoms with Gasteiger partial charge in [0.15, 0.2) is 0 Å². The summed E-state index contributed by atoms with van der Waals surface area (Å²) in [4.78, 5) is 0. The summed E-state index contributed by atoms with van der Waals surface area (Å²) in [7, 11) is 0. The summed E-state index contributed by atoms with van der Waals surface area (Å²) in [5.74, 6) is 0.657. The molecule has 2 N–H and O–H groups in total. The first-order chi connectivity index (χ1) is 9.63. The molecule has 0 bridgehead atoms. The predicted molar refractivity (Wildman–Crippen MR) is 79.4 cm³/mol. The van der Waals surface area contributed by atoms with Gasteiger partial charge in [0.25, 0.3) is 0 Å². The fraction of sp³-hybridized carbons (Fsp3) is 0.294. The molecule has 0 aromatic heterocycles. The summed E-state index contributed by atoms with van der Waals surface area (Å²) >= 11 is 0. The summed E-state index contributed by atoms with van der Waals surface area (Å²) in [5, 5.41) is 0. The predicted octanol–water partition coefficient (Wildman–Crippen LogP) is 3.47. The zero-order chi connectivity index (χ0) is 14.4. The van der Waals surface area contributed by atoms with Crippen LogP contribution in [0.25, 0.3) is 0 Å². The Kier molecular flexibility index (Phi) is 5.13. The molecule has 0 spiro atoms. The second-order valence-electron chi connectivity index (χ2n) is 5.04. The van der Waals surface area contributed by atoms with E-state index < -0.39 is 0 Å². The molecule has 2 aromatic carbocycles. The van der Waals surface area contributed by atoms with Crippen LogP contribution in [-0.4, -0.2) is 12.6 Å². The van der Waals surface area contributed by atoms with Crippen molar-refractivity contribution >= 4 is 0 Å². The molecule has 3 heteroatoms. The third-order valence-electron chi connectivity index (χ3n) is 3.16. The molecule has 0 aliphatic carbocycles. The monoisotopic (exact) mass is 273 g/mol. The van der Waals surface area contributed by atoms with Gasteiger partial charge in [-0.1, -0.05) is 24.3 Å². The van der Waals surface area contributed by atoms with Gasteiger partial charge in [-0.15, -0.1) is 0 Å². The highest BCUT2D eigenvalue weighted by atomic mass is 19.1. The van der Waals surface area contributed by atoms with E-state index in [1.165, 1.54) is 17.7 Å². The number of rotatable bonds is 6. The number of halogens is 1. The molecule has 0 amide bonds. The number of hydrogen-bond donors (Lipinski definition) is 1. The molecule has 0 heterocycles. The maximum absolute atomic E-state index is 12.8. The lowest BCUT2D eigenvalue weighted by molar-refractivity contribution is 0.297. The van der Waals surface area contributed by atoms with Crippen molar-refractivity contribution in [3.63, 3.8) is 0 Å². The smallest absolute Gasteiger partial charge is 0.123 e. The van der Waals surface area contributed by atoms with Crippen LogP contribution in [0, 0.1) is 12.7 Å². The van der Waals surface area contributed by atoms with Crippen LogP contribution >= 0.6 is 0 Å². The minimum absolute atomic E-state index is 0.0188. The van der Waals surface area contributed by atoms with Crippen LogP contribution < -0.4 is 10.5 Å². The van der Waals surface area contributed by atoms with E-state index in [4.69, 9.17) is 10.5 Å². The molecule has 20 heavy (non-hydrogen) atoms. The minimum atomic E-state index is -0.217. The summed E-state index contributed by atoms with van der Waals surface area (Å²) < 4.78 is 18.5. The van der Waals surface area contributed by atoms with E-state index in [2.05, 4.69) is 0 Å². The highest BCUT2D eigenvalue weighted by Gasteiger charge is 2.05. The van der Waals surface area contributed by atoms with Gasteiger partial charge in [-0.25, -0.2) is 4.39 Å². The molecule has 1 unspecified atom stereocenters. The van der Waals surface area contributed by atoms with Gasteiger partial charge in [0.1, 0.15) is 11.6 Å².